The fourth-order valence-corrected chi connectivity index (χ4v) is 2.06. The van der Waals surface area contributed by atoms with Crippen LogP contribution < -0.4 is 5.32 Å². The van der Waals surface area contributed by atoms with Gasteiger partial charge >= 0.3 is 5.29 Å². The molecule has 0 radical (unpaired) electrons. The molecule has 0 amide bonds. The fraction of sp³-hybridized carbons (Fsp3) is 0.0714. The van der Waals surface area contributed by atoms with Gasteiger partial charge in [-0.25, -0.2) is 5.32 Å². The first kappa shape index (κ1) is 11.0. The molecule has 0 aromatic heterocycles. The van der Waals surface area contributed by atoms with Crippen molar-refractivity contribution < 1.29 is 4.79 Å². The quantitative estimate of drug-likeness (QED) is 0.650. The van der Waals surface area contributed by atoms with Crippen molar-refractivity contribution in [3.05, 3.63) is 60.2 Å². The van der Waals surface area contributed by atoms with Crippen LogP contribution in [0, 0.1) is 0 Å². The van der Waals surface area contributed by atoms with Crippen LogP contribution in [0.5, 0.6) is 0 Å². The topological polar surface area (TPSA) is 38.5 Å². The Hall–Kier alpha value is -2.09. The van der Waals surface area contributed by atoms with Gasteiger partial charge in [0.2, 0.25) is 0 Å². The Balaban J connectivity index is 1.84. The van der Waals surface area contributed by atoms with E-state index in [-0.39, 0.29) is 6.17 Å². The van der Waals surface area contributed by atoms with E-state index in [1.807, 2.05) is 30.3 Å². The molecule has 3 nitrogen and oxygen atoms in total. The molecule has 1 unspecified atom stereocenters. The maximum atomic E-state index is 5.73. The molecule has 1 atom stereocenters. The maximum Gasteiger partial charge on any atom is 0.473 e. The summed E-state index contributed by atoms with van der Waals surface area (Å²) in [5, 5.41) is 7.35. The van der Waals surface area contributed by atoms with E-state index in [4.69, 9.17) is 11.6 Å². The van der Waals surface area contributed by atoms with E-state index in [0.29, 0.717) is 5.29 Å². The van der Waals surface area contributed by atoms with E-state index in [1.165, 1.54) is 11.1 Å². The molecular weight excluding hydrogens is 246 g/mol. The highest BCUT2D eigenvalue weighted by atomic mass is 35.5. The molecule has 88 valence electrons. The lowest BCUT2D eigenvalue weighted by Gasteiger charge is -2.04. The smallest absolute Gasteiger partial charge is 0.216 e. The molecule has 3 rings (SSSR count). The molecular formula is C14H11ClN3+. The molecule has 1 N–H and O–H groups in total. The number of nitrogens with zero attached hydrogens (tertiary/aromatic N) is 2. The lowest BCUT2D eigenvalue weighted by molar-refractivity contribution is -0.0809. The lowest BCUT2D eigenvalue weighted by atomic mass is 10.0. The second kappa shape index (κ2) is 4.65. The van der Waals surface area contributed by atoms with Crippen LogP contribution in [0.2, 0.25) is 0 Å². The minimum atomic E-state index is -0.165. The molecule has 1 aliphatic heterocycles. The zero-order valence-corrected chi connectivity index (χ0v) is 10.3. The molecule has 0 aliphatic carbocycles. The van der Waals surface area contributed by atoms with Gasteiger partial charge in [0.1, 0.15) is 0 Å². The van der Waals surface area contributed by atoms with Crippen molar-refractivity contribution in [3.8, 4) is 11.1 Å². The second-order valence-electron chi connectivity index (χ2n) is 4.04. The van der Waals surface area contributed by atoms with E-state index in [0.717, 1.165) is 5.56 Å². The summed E-state index contributed by atoms with van der Waals surface area (Å²) in [4.78, 5) is 3.77. The highest BCUT2D eigenvalue weighted by Crippen LogP contribution is 2.23. The molecule has 2 aromatic rings. The monoisotopic (exact) mass is 256 g/mol. The average Bonchev–Trinajstić information content (AvgIpc) is 2.87. The zero-order valence-electron chi connectivity index (χ0n) is 9.55. The molecule has 0 bridgehead atoms. The van der Waals surface area contributed by atoms with Gasteiger partial charge in [-0.2, -0.15) is 0 Å². The number of hydrogen-bond acceptors (Lipinski definition) is 2. The molecule has 0 fully saturated rings. The first-order chi connectivity index (χ1) is 8.83. The van der Waals surface area contributed by atoms with Gasteiger partial charge in [-0.05, 0) is 11.1 Å². The fourth-order valence-electron chi connectivity index (χ4n) is 1.92. The summed E-state index contributed by atoms with van der Waals surface area (Å²) in [6.07, 6.45) is -0.165. The van der Waals surface area contributed by atoms with Gasteiger partial charge < -0.3 is 0 Å². The van der Waals surface area contributed by atoms with Gasteiger partial charge in [0.25, 0.3) is 6.17 Å². The summed E-state index contributed by atoms with van der Waals surface area (Å²) in [6.45, 7) is 0. The zero-order chi connectivity index (χ0) is 12.4. The second-order valence-corrected chi connectivity index (χ2v) is 4.40. The third-order valence-corrected chi connectivity index (χ3v) is 3.04. The predicted molar refractivity (Wildman–Crippen MR) is 71.3 cm³/mol. The van der Waals surface area contributed by atoms with E-state index in [1.54, 1.807) is 0 Å². The van der Waals surface area contributed by atoms with Crippen LogP contribution in [0.15, 0.2) is 59.7 Å². The predicted octanol–water partition coefficient (Wildman–Crippen LogP) is 3.21. The molecule has 1 aliphatic rings. The SMILES string of the molecule is ClC1=[N+]=NC(c2ccc(-c3ccccc3)cc2)N1. The van der Waals surface area contributed by atoms with Crippen LogP contribution in [0.4, 0.5) is 0 Å². The summed E-state index contributed by atoms with van der Waals surface area (Å²) in [5.41, 5.74) is 3.44. The minimum absolute atomic E-state index is 0.165. The van der Waals surface area contributed by atoms with Crippen LogP contribution in [-0.4, -0.2) is 10.1 Å². The van der Waals surface area contributed by atoms with Crippen LogP contribution >= 0.6 is 11.6 Å². The first-order valence-electron chi connectivity index (χ1n) is 5.68. The largest absolute Gasteiger partial charge is 0.473 e. The van der Waals surface area contributed by atoms with E-state index in [2.05, 4.69) is 39.5 Å². The summed E-state index contributed by atoms with van der Waals surface area (Å²) in [5.74, 6) is 0. The number of nitrogens with one attached hydrogen (secondary N) is 1. The van der Waals surface area contributed by atoms with Crippen molar-refractivity contribution >= 4 is 16.9 Å². The van der Waals surface area contributed by atoms with Crippen molar-refractivity contribution in [2.45, 2.75) is 6.17 Å². The summed E-state index contributed by atoms with van der Waals surface area (Å²) < 4.78 is 0. The van der Waals surface area contributed by atoms with E-state index < -0.39 is 0 Å². The first-order valence-corrected chi connectivity index (χ1v) is 6.06. The lowest BCUT2D eigenvalue weighted by Crippen LogP contribution is -2.18. The standard InChI is InChI=1S/C14H10ClN3/c15-14-16-13(17-18-14)12-8-6-11(7-9-12)10-4-2-1-3-5-10/h1-9,13H/p+1. The molecule has 18 heavy (non-hydrogen) atoms. The molecule has 0 saturated heterocycles. The Morgan fingerprint density at radius 3 is 2.22 bits per heavy atom. The van der Waals surface area contributed by atoms with Crippen LogP contribution in [0.25, 0.3) is 11.1 Å². The van der Waals surface area contributed by atoms with Gasteiger partial charge in [0.15, 0.2) is 0 Å². The Kier molecular flexibility index (Phi) is 2.85. The van der Waals surface area contributed by atoms with Crippen LogP contribution in [-0.2, 0) is 0 Å². The normalized spacial score (nSPS) is 17.4. The van der Waals surface area contributed by atoms with E-state index in [9.17, 15) is 0 Å². The van der Waals surface area contributed by atoms with Crippen molar-refractivity contribution in [1.82, 2.24) is 5.32 Å². The van der Waals surface area contributed by atoms with Crippen molar-refractivity contribution in [2.24, 2.45) is 5.11 Å². The summed E-state index contributed by atoms with van der Waals surface area (Å²) >= 11 is 5.73. The highest BCUT2D eigenvalue weighted by molar-refractivity contribution is 6.63. The number of halogens is 1. The highest BCUT2D eigenvalue weighted by Gasteiger charge is 2.25. The van der Waals surface area contributed by atoms with Crippen LogP contribution in [0.3, 0.4) is 0 Å². The summed E-state index contributed by atoms with van der Waals surface area (Å²) in [6, 6.07) is 18.5. The number of rotatable bonds is 2. The Bertz CT molecular complexity index is 613. The van der Waals surface area contributed by atoms with Gasteiger partial charge in [-0.3, -0.25) is 0 Å². The van der Waals surface area contributed by atoms with Crippen molar-refractivity contribution in [2.75, 3.05) is 0 Å². The number of benzene rings is 2. The average molecular weight is 257 g/mol. The van der Waals surface area contributed by atoms with Gasteiger partial charge in [0, 0.05) is 22.3 Å². The minimum Gasteiger partial charge on any atom is -0.216 e. The Morgan fingerprint density at radius 1 is 0.944 bits per heavy atom. The Morgan fingerprint density at radius 2 is 1.61 bits per heavy atom. The molecule has 0 saturated carbocycles. The van der Waals surface area contributed by atoms with Crippen LogP contribution in [0.1, 0.15) is 11.7 Å². The van der Waals surface area contributed by atoms with Gasteiger partial charge in [0.05, 0.1) is 0 Å². The van der Waals surface area contributed by atoms with Crippen molar-refractivity contribution in [3.63, 3.8) is 0 Å². The summed E-state index contributed by atoms with van der Waals surface area (Å²) in [7, 11) is 0. The maximum absolute atomic E-state index is 5.73. The van der Waals surface area contributed by atoms with E-state index >= 15 is 0 Å². The third-order valence-electron chi connectivity index (χ3n) is 2.85. The van der Waals surface area contributed by atoms with Crippen molar-refractivity contribution in [1.29, 1.82) is 0 Å². The third kappa shape index (κ3) is 2.14. The molecule has 4 heteroatoms. The molecule has 2 aromatic carbocycles. The molecule has 1 heterocycles. The number of amidine groups is 1. The van der Waals surface area contributed by atoms with Gasteiger partial charge in [-0.15, -0.1) is 0 Å². The number of hydrogen-bond donors (Lipinski definition) is 1. The van der Waals surface area contributed by atoms with Gasteiger partial charge in [-0.1, -0.05) is 59.4 Å². The Labute approximate surface area is 110 Å². The molecule has 0 spiro atoms.